The minimum Gasteiger partial charge on any atom is -0.461 e. The van der Waals surface area contributed by atoms with Crippen molar-refractivity contribution in [1.82, 2.24) is 4.90 Å². The zero-order valence-electron chi connectivity index (χ0n) is 10.7. The summed E-state index contributed by atoms with van der Waals surface area (Å²) in [4.78, 5) is 14.3. The minimum absolute atomic E-state index is 0.102. The summed E-state index contributed by atoms with van der Waals surface area (Å²) in [6.45, 7) is 5.97. The number of carbonyl (C=O) groups excluding carboxylic acids is 1. The zero-order chi connectivity index (χ0) is 12.3. The fourth-order valence-electron chi connectivity index (χ4n) is 1.95. The van der Waals surface area contributed by atoms with Crippen LogP contribution in [0.4, 0.5) is 0 Å². The third-order valence-electron chi connectivity index (χ3n) is 3.20. The van der Waals surface area contributed by atoms with Crippen molar-refractivity contribution < 1.29 is 9.21 Å². The normalized spacial score (nSPS) is 15.8. The van der Waals surface area contributed by atoms with Crippen LogP contribution in [0.15, 0.2) is 22.8 Å². The number of rotatable bonds is 7. The number of furan rings is 1. The van der Waals surface area contributed by atoms with Gasteiger partial charge in [-0.1, -0.05) is 13.8 Å². The molecule has 3 nitrogen and oxygen atoms in total. The molecule has 0 amide bonds. The largest absolute Gasteiger partial charge is 0.461 e. The van der Waals surface area contributed by atoms with Crippen molar-refractivity contribution in [1.29, 1.82) is 0 Å². The van der Waals surface area contributed by atoms with Gasteiger partial charge >= 0.3 is 0 Å². The van der Waals surface area contributed by atoms with E-state index in [1.165, 1.54) is 12.8 Å². The Balaban J connectivity index is 1.87. The molecule has 0 aromatic carbocycles. The third kappa shape index (κ3) is 3.70. The standard InChI is InChI=1S/C14H21NO2/c1-11(2)7-8-15(12-5-6-12)10-13(16)14-4-3-9-17-14/h3-4,9,11-12H,5-8,10H2,1-2H3. The van der Waals surface area contributed by atoms with Crippen molar-refractivity contribution in [3.05, 3.63) is 24.2 Å². The monoisotopic (exact) mass is 235 g/mol. The molecule has 17 heavy (non-hydrogen) atoms. The lowest BCUT2D eigenvalue weighted by Crippen LogP contribution is -2.33. The smallest absolute Gasteiger partial charge is 0.211 e. The van der Waals surface area contributed by atoms with Crippen LogP contribution in [0.2, 0.25) is 0 Å². The first-order chi connectivity index (χ1) is 8.16. The molecule has 1 fully saturated rings. The first-order valence-corrected chi connectivity index (χ1v) is 6.47. The summed E-state index contributed by atoms with van der Waals surface area (Å²) in [5, 5.41) is 0. The lowest BCUT2D eigenvalue weighted by atomic mass is 10.1. The van der Waals surface area contributed by atoms with Crippen LogP contribution in [0.3, 0.4) is 0 Å². The molecule has 3 heteroatoms. The van der Waals surface area contributed by atoms with E-state index in [0.717, 1.165) is 13.0 Å². The Labute approximate surface area is 103 Å². The second-order valence-electron chi connectivity index (χ2n) is 5.28. The maximum Gasteiger partial charge on any atom is 0.211 e. The van der Waals surface area contributed by atoms with Crippen LogP contribution in [0.1, 0.15) is 43.7 Å². The van der Waals surface area contributed by atoms with Crippen molar-refractivity contribution in [2.24, 2.45) is 5.92 Å². The highest BCUT2D eigenvalue weighted by Gasteiger charge is 2.30. The van der Waals surface area contributed by atoms with Gasteiger partial charge in [0, 0.05) is 6.04 Å². The van der Waals surface area contributed by atoms with Gasteiger partial charge in [-0.05, 0) is 43.9 Å². The van der Waals surface area contributed by atoms with Gasteiger partial charge in [0.05, 0.1) is 12.8 Å². The van der Waals surface area contributed by atoms with Crippen molar-refractivity contribution in [3.8, 4) is 0 Å². The van der Waals surface area contributed by atoms with Crippen LogP contribution in [-0.2, 0) is 0 Å². The fraction of sp³-hybridized carbons (Fsp3) is 0.643. The Hall–Kier alpha value is -1.09. The number of Topliss-reactive ketones (excluding diaryl/α,β-unsaturated/α-hetero) is 1. The van der Waals surface area contributed by atoms with Crippen LogP contribution in [0.5, 0.6) is 0 Å². The number of nitrogens with zero attached hydrogens (tertiary/aromatic N) is 1. The van der Waals surface area contributed by atoms with Gasteiger partial charge in [0.25, 0.3) is 0 Å². The number of hydrogen-bond donors (Lipinski definition) is 0. The summed E-state index contributed by atoms with van der Waals surface area (Å²) >= 11 is 0. The van der Waals surface area contributed by atoms with Gasteiger partial charge in [-0.3, -0.25) is 9.69 Å². The molecule has 94 valence electrons. The molecule has 0 atom stereocenters. The van der Waals surface area contributed by atoms with Gasteiger partial charge in [0.15, 0.2) is 5.76 Å². The van der Waals surface area contributed by atoms with Gasteiger partial charge in [-0.2, -0.15) is 0 Å². The molecule has 0 radical (unpaired) electrons. The topological polar surface area (TPSA) is 33.5 Å². The molecular formula is C14H21NO2. The molecular weight excluding hydrogens is 214 g/mol. The average Bonchev–Trinajstić information content (AvgIpc) is 2.98. The van der Waals surface area contributed by atoms with Crippen molar-refractivity contribution in [2.45, 2.75) is 39.2 Å². The second-order valence-corrected chi connectivity index (χ2v) is 5.28. The quantitative estimate of drug-likeness (QED) is 0.681. The van der Waals surface area contributed by atoms with Gasteiger partial charge < -0.3 is 4.42 Å². The molecule has 1 saturated carbocycles. The van der Waals surface area contributed by atoms with E-state index in [1.54, 1.807) is 18.4 Å². The Morgan fingerprint density at radius 1 is 1.53 bits per heavy atom. The van der Waals surface area contributed by atoms with Gasteiger partial charge in [-0.25, -0.2) is 0 Å². The second kappa shape index (κ2) is 5.50. The molecule has 1 heterocycles. The highest BCUT2D eigenvalue weighted by molar-refractivity contribution is 5.95. The summed E-state index contributed by atoms with van der Waals surface area (Å²) in [5.41, 5.74) is 0. The summed E-state index contributed by atoms with van der Waals surface area (Å²) in [6, 6.07) is 4.14. The minimum atomic E-state index is 0.102. The Bertz CT molecular complexity index is 352. The molecule has 0 N–H and O–H groups in total. The van der Waals surface area contributed by atoms with Gasteiger partial charge in [0.2, 0.25) is 5.78 Å². The van der Waals surface area contributed by atoms with E-state index >= 15 is 0 Å². The Kier molecular flexibility index (Phi) is 4.00. The van der Waals surface area contributed by atoms with E-state index in [1.807, 2.05) is 0 Å². The molecule has 2 rings (SSSR count). The van der Waals surface area contributed by atoms with Crippen molar-refractivity contribution >= 4 is 5.78 Å². The van der Waals surface area contributed by atoms with Crippen LogP contribution >= 0.6 is 0 Å². The number of carbonyl (C=O) groups is 1. The van der Waals surface area contributed by atoms with Crippen LogP contribution in [0, 0.1) is 5.92 Å². The Morgan fingerprint density at radius 2 is 2.29 bits per heavy atom. The van der Waals surface area contributed by atoms with E-state index in [4.69, 9.17) is 4.42 Å². The highest BCUT2D eigenvalue weighted by Crippen LogP contribution is 2.27. The van der Waals surface area contributed by atoms with Crippen molar-refractivity contribution in [3.63, 3.8) is 0 Å². The average molecular weight is 235 g/mol. The van der Waals surface area contributed by atoms with E-state index < -0.39 is 0 Å². The highest BCUT2D eigenvalue weighted by atomic mass is 16.3. The van der Waals surface area contributed by atoms with Crippen LogP contribution in [-0.4, -0.2) is 29.8 Å². The summed E-state index contributed by atoms with van der Waals surface area (Å²) < 4.78 is 5.15. The molecule has 0 saturated heterocycles. The SMILES string of the molecule is CC(C)CCN(CC(=O)c1ccco1)C1CC1. The summed E-state index contributed by atoms with van der Waals surface area (Å²) in [7, 11) is 0. The number of hydrogen-bond acceptors (Lipinski definition) is 3. The molecule has 1 aromatic heterocycles. The molecule has 0 spiro atoms. The first-order valence-electron chi connectivity index (χ1n) is 6.47. The van der Waals surface area contributed by atoms with E-state index in [2.05, 4.69) is 18.7 Å². The lowest BCUT2D eigenvalue weighted by molar-refractivity contribution is 0.0893. The molecule has 0 unspecified atom stereocenters. The zero-order valence-corrected chi connectivity index (χ0v) is 10.7. The van der Waals surface area contributed by atoms with Crippen LogP contribution in [0.25, 0.3) is 0 Å². The summed E-state index contributed by atoms with van der Waals surface area (Å²) in [5.74, 6) is 1.28. The predicted octanol–water partition coefficient (Wildman–Crippen LogP) is 2.97. The first kappa shape index (κ1) is 12.4. The molecule has 1 aromatic rings. The third-order valence-corrected chi connectivity index (χ3v) is 3.20. The van der Waals surface area contributed by atoms with Gasteiger partial charge in [0.1, 0.15) is 0 Å². The van der Waals surface area contributed by atoms with Gasteiger partial charge in [-0.15, -0.1) is 0 Å². The number of ketones is 1. The molecule has 1 aliphatic carbocycles. The lowest BCUT2D eigenvalue weighted by Gasteiger charge is -2.21. The molecule has 0 aliphatic heterocycles. The summed E-state index contributed by atoms with van der Waals surface area (Å²) in [6.07, 6.45) is 5.19. The maximum atomic E-state index is 12.0. The molecule has 1 aliphatic rings. The Morgan fingerprint density at radius 3 is 2.82 bits per heavy atom. The molecule has 0 bridgehead atoms. The van der Waals surface area contributed by atoms with E-state index in [9.17, 15) is 4.79 Å². The van der Waals surface area contributed by atoms with E-state index in [-0.39, 0.29) is 5.78 Å². The van der Waals surface area contributed by atoms with E-state index in [0.29, 0.717) is 24.3 Å². The fourth-order valence-corrected chi connectivity index (χ4v) is 1.95. The van der Waals surface area contributed by atoms with Crippen LogP contribution < -0.4 is 0 Å². The van der Waals surface area contributed by atoms with Crippen molar-refractivity contribution in [2.75, 3.05) is 13.1 Å². The maximum absolute atomic E-state index is 12.0. The predicted molar refractivity (Wildman–Crippen MR) is 67.1 cm³/mol.